The van der Waals surface area contributed by atoms with Crippen molar-refractivity contribution in [3.63, 3.8) is 0 Å². The number of benzene rings is 1. The summed E-state index contributed by atoms with van der Waals surface area (Å²) in [6.45, 7) is 1.01. The lowest BCUT2D eigenvalue weighted by molar-refractivity contribution is -0.137. The van der Waals surface area contributed by atoms with E-state index in [4.69, 9.17) is 17.3 Å². The SMILES string of the molecule is CC(=O)c1c(N)ccc(Cl)c1C(F)(F)F. The molecule has 0 saturated carbocycles. The summed E-state index contributed by atoms with van der Waals surface area (Å²) in [6, 6.07) is 2.19. The molecule has 1 aromatic carbocycles. The molecule has 2 N–H and O–H groups in total. The molecule has 1 rings (SSSR count). The summed E-state index contributed by atoms with van der Waals surface area (Å²) in [6.07, 6.45) is -4.69. The highest BCUT2D eigenvalue weighted by Crippen LogP contribution is 2.39. The average Bonchev–Trinajstić information content (AvgIpc) is 2.05. The fraction of sp³-hybridized carbons (Fsp3) is 0.222. The third-order valence-corrected chi connectivity index (χ3v) is 2.14. The number of carbonyl (C=O) groups is 1. The van der Waals surface area contributed by atoms with Gasteiger partial charge in [-0.3, -0.25) is 4.79 Å². The predicted octanol–water partition coefficient (Wildman–Crippen LogP) is 3.14. The number of ketones is 1. The number of nitrogens with two attached hydrogens (primary N) is 1. The normalized spacial score (nSPS) is 11.5. The van der Waals surface area contributed by atoms with Crippen molar-refractivity contribution in [3.8, 4) is 0 Å². The Morgan fingerprint density at radius 3 is 2.27 bits per heavy atom. The summed E-state index contributed by atoms with van der Waals surface area (Å²) in [5, 5.41) is -0.526. The first kappa shape index (κ1) is 11.8. The minimum Gasteiger partial charge on any atom is -0.398 e. The Morgan fingerprint density at radius 1 is 1.40 bits per heavy atom. The smallest absolute Gasteiger partial charge is 0.398 e. The quantitative estimate of drug-likeness (QED) is 0.602. The molecule has 0 saturated heterocycles. The number of alkyl halides is 3. The monoisotopic (exact) mass is 237 g/mol. The number of carbonyl (C=O) groups excluding carboxylic acids is 1. The molecule has 2 nitrogen and oxygen atoms in total. The van der Waals surface area contributed by atoms with Crippen LogP contribution in [0, 0.1) is 0 Å². The van der Waals surface area contributed by atoms with Gasteiger partial charge in [-0.25, -0.2) is 0 Å². The van der Waals surface area contributed by atoms with E-state index in [1.807, 2.05) is 0 Å². The Balaban J connectivity index is 3.60. The van der Waals surface area contributed by atoms with Crippen molar-refractivity contribution in [2.24, 2.45) is 0 Å². The molecule has 0 unspecified atom stereocenters. The number of anilines is 1. The maximum atomic E-state index is 12.6. The molecule has 6 heteroatoms. The van der Waals surface area contributed by atoms with Crippen LogP contribution in [0.2, 0.25) is 5.02 Å². The standard InChI is InChI=1S/C9H7ClF3NO/c1-4(15)7-6(14)3-2-5(10)8(7)9(11,12)13/h2-3H,14H2,1H3. The van der Waals surface area contributed by atoms with Crippen molar-refractivity contribution < 1.29 is 18.0 Å². The molecular weight excluding hydrogens is 231 g/mol. The van der Waals surface area contributed by atoms with Crippen molar-refractivity contribution in [1.29, 1.82) is 0 Å². The van der Waals surface area contributed by atoms with Gasteiger partial charge in [-0.2, -0.15) is 13.2 Å². The van der Waals surface area contributed by atoms with E-state index < -0.39 is 28.1 Å². The van der Waals surface area contributed by atoms with Gasteiger partial charge in [0.2, 0.25) is 0 Å². The van der Waals surface area contributed by atoms with Gasteiger partial charge in [0.25, 0.3) is 0 Å². The van der Waals surface area contributed by atoms with E-state index >= 15 is 0 Å². The highest BCUT2D eigenvalue weighted by molar-refractivity contribution is 6.32. The van der Waals surface area contributed by atoms with Crippen LogP contribution in [0.1, 0.15) is 22.8 Å². The Bertz CT molecular complexity index is 415. The predicted molar refractivity (Wildman–Crippen MR) is 50.9 cm³/mol. The molecule has 0 aliphatic rings. The Kier molecular flexibility index (Phi) is 2.95. The van der Waals surface area contributed by atoms with E-state index in [9.17, 15) is 18.0 Å². The van der Waals surface area contributed by atoms with Crippen LogP contribution in [0.25, 0.3) is 0 Å². The van der Waals surface area contributed by atoms with Crippen molar-refractivity contribution in [3.05, 3.63) is 28.3 Å². The van der Waals surface area contributed by atoms with Crippen LogP contribution in [-0.4, -0.2) is 5.78 Å². The van der Waals surface area contributed by atoms with E-state index in [0.717, 1.165) is 13.0 Å². The van der Waals surface area contributed by atoms with Crippen molar-refractivity contribution >= 4 is 23.1 Å². The van der Waals surface area contributed by atoms with Gasteiger partial charge in [0.1, 0.15) is 0 Å². The van der Waals surface area contributed by atoms with Gasteiger partial charge in [0.05, 0.1) is 16.1 Å². The first-order valence-electron chi connectivity index (χ1n) is 3.91. The fourth-order valence-corrected chi connectivity index (χ4v) is 1.51. The van der Waals surface area contributed by atoms with Gasteiger partial charge >= 0.3 is 6.18 Å². The molecule has 0 fully saturated rings. The lowest BCUT2D eigenvalue weighted by atomic mass is 10.0. The molecule has 0 spiro atoms. The van der Waals surface area contributed by atoms with Crippen LogP contribution < -0.4 is 5.73 Å². The van der Waals surface area contributed by atoms with E-state index in [0.29, 0.717) is 0 Å². The van der Waals surface area contributed by atoms with Gasteiger partial charge in [-0.05, 0) is 19.1 Å². The second kappa shape index (κ2) is 3.73. The summed E-state index contributed by atoms with van der Waals surface area (Å²) in [4.78, 5) is 11.0. The lowest BCUT2D eigenvalue weighted by Gasteiger charge is -2.14. The minimum absolute atomic E-state index is 0.223. The molecule has 0 aliphatic carbocycles. The van der Waals surface area contributed by atoms with Crippen LogP contribution in [-0.2, 0) is 6.18 Å². The van der Waals surface area contributed by atoms with Crippen molar-refractivity contribution in [2.45, 2.75) is 13.1 Å². The van der Waals surface area contributed by atoms with Crippen molar-refractivity contribution in [2.75, 3.05) is 5.73 Å². The van der Waals surface area contributed by atoms with Crippen LogP contribution >= 0.6 is 11.6 Å². The van der Waals surface area contributed by atoms with E-state index in [1.165, 1.54) is 6.07 Å². The van der Waals surface area contributed by atoms with Crippen LogP contribution in [0.15, 0.2) is 12.1 Å². The molecule has 0 aliphatic heterocycles. The number of nitrogen functional groups attached to an aromatic ring is 1. The van der Waals surface area contributed by atoms with Gasteiger partial charge in [-0.15, -0.1) is 0 Å². The Labute approximate surface area is 88.8 Å². The molecule has 0 amide bonds. The minimum atomic E-state index is -4.69. The number of rotatable bonds is 1. The van der Waals surface area contributed by atoms with E-state index in [-0.39, 0.29) is 5.69 Å². The molecule has 82 valence electrons. The first-order valence-corrected chi connectivity index (χ1v) is 4.29. The summed E-state index contributed by atoms with van der Waals surface area (Å²) in [5.41, 5.74) is 3.34. The van der Waals surface area contributed by atoms with Crippen molar-refractivity contribution in [1.82, 2.24) is 0 Å². The van der Waals surface area contributed by atoms with Crippen LogP contribution in [0.3, 0.4) is 0 Å². The zero-order valence-corrected chi connectivity index (χ0v) is 8.41. The number of Topliss-reactive ketones (excluding diaryl/α,β-unsaturated/α-hetero) is 1. The van der Waals surface area contributed by atoms with Gasteiger partial charge in [0.15, 0.2) is 5.78 Å². The maximum Gasteiger partial charge on any atom is 0.418 e. The molecule has 0 heterocycles. The fourth-order valence-electron chi connectivity index (χ4n) is 1.25. The third-order valence-electron chi connectivity index (χ3n) is 1.82. The third kappa shape index (κ3) is 2.23. The lowest BCUT2D eigenvalue weighted by Crippen LogP contribution is -2.14. The zero-order valence-electron chi connectivity index (χ0n) is 7.65. The number of hydrogen-bond donors (Lipinski definition) is 1. The molecule has 0 bridgehead atoms. The van der Waals surface area contributed by atoms with Gasteiger partial charge < -0.3 is 5.73 Å². The molecule has 0 atom stereocenters. The maximum absolute atomic E-state index is 12.6. The largest absolute Gasteiger partial charge is 0.418 e. The molecule has 0 radical (unpaired) electrons. The summed E-state index contributed by atoms with van der Waals surface area (Å²) < 4.78 is 37.7. The topological polar surface area (TPSA) is 43.1 Å². The Hall–Kier alpha value is -1.23. The second-order valence-corrected chi connectivity index (χ2v) is 3.35. The van der Waals surface area contributed by atoms with Crippen LogP contribution in [0.5, 0.6) is 0 Å². The molecular formula is C9H7ClF3NO. The van der Waals surface area contributed by atoms with E-state index in [2.05, 4.69) is 0 Å². The van der Waals surface area contributed by atoms with Crippen LogP contribution in [0.4, 0.5) is 18.9 Å². The molecule has 0 aromatic heterocycles. The summed E-state index contributed by atoms with van der Waals surface area (Å²) in [5.74, 6) is -0.762. The Morgan fingerprint density at radius 2 is 1.93 bits per heavy atom. The summed E-state index contributed by atoms with van der Waals surface area (Å²) in [7, 11) is 0. The average molecular weight is 238 g/mol. The second-order valence-electron chi connectivity index (χ2n) is 2.94. The summed E-state index contributed by atoms with van der Waals surface area (Å²) >= 11 is 5.40. The molecule has 15 heavy (non-hydrogen) atoms. The highest BCUT2D eigenvalue weighted by Gasteiger charge is 2.37. The zero-order chi connectivity index (χ0) is 11.8. The first-order chi connectivity index (χ1) is 6.75. The van der Waals surface area contributed by atoms with E-state index in [1.54, 1.807) is 0 Å². The highest BCUT2D eigenvalue weighted by atomic mass is 35.5. The number of halogens is 4. The number of hydrogen-bond acceptors (Lipinski definition) is 2. The van der Waals surface area contributed by atoms with Gasteiger partial charge in [0, 0.05) is 5.69 Å². The van der Waals surface area contributed by atoms with Gasteiger partial charge in [-0.1, -0.05) is 11.6 Å². The molecule has 1 aromatic rings.